The number of nitrogens with zero attached hydrogens (tertiary/aromatic N) is 1. The number of hydrogen-bond donors (Lipinski definition) is 3. The molecule has 12 heteroatoms. The summed E-state index contributed by atoms with van der Waals surface area (Å²) in [6.45, 7) is 2.04. The van der Waals surface area contributed by atoms with Crippen LogP contribution in [-0.4, -0.2) is 47.7 Å². The number of ether oxygens (including phenoxy) is 2. The molecule has 0 radical (unpaired) electrons. The molecule has 1 aliphatic carbocycles. The first-order chi connectivity index (χ1) is 18.1. The normalized spacial score (nSPS) is 15.6. The molecule has 8 nitrogen and oxygen atoms in total. The van der Waals surface area contributed by atoms with Crippen LogP contribution in [0.15, 0.2) is 40.9 Å². The molecule has 3 N–H and O–H groups in total. The van der Waals surface area contributed by atoms with E-state index in [1.807, 2.05) is 0 Å². The number of carbonyl (C=O) groups excluding carboxylic acids is 2. The van der Waals surface area contributed by atoms with Gasteiger partial charge in [-0.1, -0.05) is 30.3 Å². The Bertz CT molecular complexity index is 1230. The van der Waals surface area contributed by atoms with Gasteiger partial charge in [-0.3, -0.25) is 4.99 Å². The second kappa shape index (κ2) is 12.1. The first-order valence-corrected chi connectivity index (χ1v) is 11.7. The minimum Gasteiger partial charge on any atom is -0.506 e. The topological polar surface area (TPSA) is 117 Å². The van der Waals surface area contributed by atoms with Crippen LogP contribution in [0, 0.1) is 23.3 Å². The number of benzene rings is 2. The molecule has 2 aromatic rings. The maximum atomic E-state index is 15.2. The van der Waals surface area contributed by atoms with E-state index in [0.717, 1.165) is 0 Å². The molecule has 0 bridgehead atoms. The van der Waals surface area contributed by atoms with Crippen molar-refractivity contribution in [1.29, 1.82) is 0 Å². The highest BCUT2D eigenvalue weighted by molar-refractivity contribution is 6.15. The molecule has 204 valence electrons. The highest BCUT2D eigenvalue weighted by atomic mass is 19.2. The van der Waals surface area contributed by atoms with Crippen molar-refractivity contribution in [2.24, 2.45) is 4.99 Å². The molecule has 0 aromatic heterocycles. The van der Waals surface area contributed by atoms with Crippen LogP contribution in [0.2, 0.25) is 0 Å². The smallest absolute Gasteiger partial charge is 0.408 e. The average molecular weight is 538 g/mol. The predicted octanol–water partition coefficient (Wildman–Crippen LogP) is 4.44. The van der Waals surface area contributed by atoms with E-state index < -0.39 is 76.0 Å². The molecule has 3 rings (SSSR count). The number of aliphatic hydroxyl groups is 2. The largest absolute Gasteiger partial charge is 0.506 e. The number of aliphatic imine (C=N–C) groups is 1. The standard InChI is InChI=1S/C26H26F4N2O6/c1-3-37-24(35)16(11-31-14(2)12-33)23(34)17-19(27)21(29)18(22(30)20(17)28)26(9-10-26)32-25(36)38-13-15-7-5-4-6-8-15/h4-8,11,14,33-34H,3,9-10,12-13H2,1-2H3,(H,32,36). The second-order valence-corrected chi connectivity index (χ2v) is 8.57. The second-order valence-electron chi connectivity index (χ2n) is 8.57. The van der Waals surface area contributed by atoms with Gasteiger partial charge in [0.15, 0.2) is 23.3 Å². The molecule has 1 saturated carbocycles. The summed E-state index contributed by atoms with van der Waals surface area (Å²) in [6, 6.07) is 7.78. The Labute approximate surface area is 215 Å². The minimum absolute atomic E-state index is 0.0406. The van der Waals surface area contributed by atoms with Crippen molar-refractivity contribution < 1.29 is 46.8 Å². The Morgan fingerprint density at radius 2 is 1.68 bits per heavy atom. The van der Waals surface area contributed by atoms with Crippen LogP contribution in [0.3, 0.4) is 0 Å². The quantitative estimate of drug-likeness (QED) is 0.103. The predicted molar refractivity (Wildman–Crippen MR) is 128 cm³/mol. The third-order valence-electron chi connectivity index (χ3n) is 5.76. The van der Waals surface area contributed by atoms with Gasteiger partial charge in [0.1, 0.15) is 17.9 Å². The van der Waals surface area contributed by atoms with E-state index in [2.05, 4.69) is 10.3 Å². The molecule has 1 aliphatic rings. The van der Waals surface area contributed by atoms with Gasteiger partial charge in [0.05, 0.1) is 35.9 Å². The number of nitrogens with one attached hydrogen (secondary N) is 1. The van der Waals surface area contributed by atoms with E-state index in [1.165, 1.54) is 13.8 Å². The van der Waals surface area contributed by atoms with E-state index >= 15 is 17.6 Å². The summed E-state index contributed by atoms with van der Waals surface area (Å²) in [4.78, 5) is 28.3. The summed E-state index contributed by atoms with van der Waals surface area (Å²) in [6.07, 6.45) is -0.456. The Morgan fingerprint density at radius 1 is 1.08 bits per heavy atom. The van der Waals surface area contributed by atoms with E-state index in [0.29, 0.717) is 11.8 Å². The fourth-order valence-electron chi connectivity index (χ4n) is 3.58. The van der Waals surface area contributed by atoms with Crippen LogP contribution >= 0.6 is 0 Å². The SMILES string of the molecule is CCOC(=O)C(C=NC(C)CO)=C(O)c1c(F)c(F)c(C2(NC(=O)OCc3ccccc3)CC2)c(F)c1F. The maximum absolute atomic E-state index is 15.2. The first kappa shape index (κ1) is 28.6. The Balaban J connectivity index is 1.98. The number of alkyl carbamates (subject to hydrolysis) is 1. The van der Waals surface area contributed by atoms with Gasteiger partial charge in [0, 0.05) is 6.21 Å². The zero-order chi connectivity index (χ0) is 28.0. The van der Waals surface area contributed by atoms with Crippen molar-refractivity contribution >= 4 is 24.0 Å². The van der Waals surface area contributed by atoms with E-state index in [1.54, 1.807) is 30.3 Å². The van der Waals surface area contributed by atoms with Gasteiger partial charge in [0.25, 0.3) is 0 Å². The number of esters is 1. The molecular weight excluding hydrogens is 512 g/mol. The van der Waals surface area contributed by atoms with Crippen molar-refractivity contribution in [3.8, 4) is 0 Å². The lowest BCUT2D eigenvalue weighted by Gasteiger charge is -2.21. The highest BCUT2D eigenvalue weighted by Crippen LogP contribution is 2.49. The Hall–Kier alpha value is -3.93. The third kappa shape index (κ3) is 6.13. The van der Waals surface area contributed by atoms with Gasteiger partial charge in [0.2, 0.25) is 0 Å². The summed E-state index contributed by atoms with van der Waals surface area (Å²) < 4.78 is 70.4. The highest BCUT2D eigenvalue weighted by Gasteiger charge is 2.52. The summed E-state index contributed by atoms with van der Waals surface area (Å²) >= 11 is 0. The Kier molecular flexibility index (Phi) is 9.10. The average Bonchev–Trinajstić information content (AvgIpc) is 3.66. The van der Waals surface area contributed by atoms with Gasteiger partial charge in [-0.2, -0.15) is 0 Å². The number of carbonyl (C=O) groups is 2. The number of rotatable bonds is 10. The molecule has 0 saturated heterocycles. The molecule has 1 fully saturated rings. The van der Waals surface area contributed by atoms with Crippen molar-refractivity contribution in [2.45, 2.75) is 44.9 Å². The van der Waals surface area contributed by atoms with Crippen LogP contribution in [0.25, 0.3) is 5.76 Å². The summed E-state index contributed by atoms with van der Waals surface area (Å²) in [5.41, 5.74) is -4.66. The molecule has 1 atom stereocenters. The Morgan fingerprint density at radius 3 is 2.21 bits per heavy atom. The van der Waals surface area contributed by atoms with Crippen molar-refractivity contribution in [3.05, 3.63) is 75.9 Å². The molecular formula is C26H26F4N2O6. The third-order valence-corrected chi connectivity index (χ3v) is 5.76. The van der Waals surface area contributed by atoms with Gasteiger partial charge < -0.3 is 25.0 Å². The summed E-state index contributed by atoms with van der Waals surface area (Å²) in [5.74, 6) is -10.5. The molecule has 38 heavy (non-hydrogen) atoms. The van der Waals surface area contributed by atoms with Crippen molar-refractivity contribution in [3.63, 3.8) is 0 Å². The van der Waals surface area contributed by atoms with Gasteiger partial charge in [-0.25, -0.2) is 27.2 Å². The van der Waals surface area contributed by atoms with E-state index in [-0.39, 0.29) is 26.1 Å². The fraction of sp³-hybridized carbons (Fsp3) is 0.346. The number of amides is 1. The maximum Gasteiger partial charge on any atom is 0.408 e. The van der Waals surface area contributed by atoms with Crippen molar-refractivity contribution in [2.75, 3.05) is 13.2 Å². The molecule has 0 spiro atoms. The van der Waals surface area contributed by atoms with Gasteiger partial charge in [-0.15, -0.1) is 0 Å². The monoisotopic (exact) mass is 538 g/mol. The minimum atomic E-state index is -1.99. The lowest BCUT2D eigenvalue weighted by Crippen LogP contribution is -2.37. The molecule has 1 unspecified atom stereocenters. The first-order valence-electron chi connectivity index (χ1n) is 11.7. The van der Waals surface area contributed by atoms with Crippen LogP contribution in [0.1, 0.15) is 43.4 Å². The molecule has 0 aliphatic heterocycles. The van der Waals surface area contributed by atoms with Crippen LogP contribution in [0.5, 0.6) is 0 Å². The summed E-state index contributed by atoms with van der Waals surface area (Å²) in [5, 5.41) is 21.9. The van der Waals surface area contributed by atoms with E-state index in [4.69, 9.17) is 14.6 Å². The number of aliphatic hydroxyl groups excluding tert-OH is 2. The van der Waals surface area contributed by atoms with Crippen LogP contribution in [-0.2, 0) is 26.4 Å². The van der Waals surface area contributed by atoms with Crippen LogP contribution in [0.4, 0.5) is 22.4 Å². The molecule has 2 aromatic carbocycles. The molecule has 1 amide bonds. The van der Waals surface area contributed by atoms with Gasteiger partial charge in [-0.05, 0) is 32.3 Å². The number of halogens is 4. The molecule has 0 heterocycles. The number of hydrogen-bond acceptors (Lipinski definition) is 7. The zero-order valence-electron chi connectivity index (χ0n) is 20.6. The lowest BCUT2D eigenvalue weighted by atomic mass is 9.97. The van der Waals surface area contributed by atoms with E-state index in [9.17, 15) is 14.7 Å². The zero-order valence-corrected chi connectivity index (χ0v) is 20.6. The summed E-state index contributed by atoms with van der Waals surface area (Å²) in [7, 11) is 0. The van der Waals surface area contributed by atoms with Crippen LogP contribution < -0.4 is 5.32 Å². The van der Waals surface area contributed by atoms with Gasteiger partial charge >= 0.3 is 12.1 Å². The lowest BCUT2D eigenvalue weighted by molar-refractivity contribution is -0.137. The van der Waals surface area contributed by atoms with Crippen molar-refractivity contribution in [1.82, 2.24) is 5.32 Å². The fourth-order valence-corrected chi connectivity index (χ4v) is 3.58.